The second kappa shape index (κ2) is 6.86. The number of carbonyl (C=O) groups is 2. The van der Waals surface area contributed by atoms with Gasteiger partial charge in [-0.2, -0.15) is 0 Å². The molecule has 1 heterocycles. The molecule has 1 aromatic rings. The van der Waals surface area contributed by atoms with Crippen LogP contribution in [0.15, 0.2) is 0 Å². The largest absolute Gasteiger partial charge is 0.481 e. The molecule has 0 bridgehead atoms. The third-order valence-corrected chi connectivity index (χ3v) is 2.84. The van der Waals surface area contributed by atoms with Crippen molar-refractivity contribution in [2.45, 2.75) is 39.5 Å². The molecule has 0 spiro atoms. The van der Waals surface area contributed by atoms with Crippen LogP contribution >= 0.6 is 0 Å². The molecule has 0 fully saturated rings. The number of nitrogens with one attached hydrogen (secondary N) is 2. The molecule has 7 heteroatoms. The predicted octanol–water partition coefficient (Wildman–Crippen LogP) is 1.16. The van der Waals surface area contributed by atoms with E-state index in [9.17, 15) is 9.59 Å². The molecule has 1 aromatic heterocycles. The molecule has 1 unspecified atom stereocenters. The predicted molar refractivity (Wildman–Crippen MR) is 68.8 cm³/mol. The smallest absolute Gasteiger partial charge is 0.303 e. The van der Waals surface area contributed by atoms with Crippen molar-refractivity contribution in [3.05, 3.63) is 11.6 Å². The number of hydrogen-bond acceptors (Lipinski definition) is 4. The van der Waals surface area contributed by atoms with Crippen molar-refractivity contribution in [2.24, 2.45) is 5.92 Å². The molecule has 106 valence electrons. The van der Waals surface area contributed by atoms with Crippen LogP contribution in [0.3, 0.4) is 0 Å². The van der Waals surface area contributed by atoms with Crippen LogP contribution in [0.25, 0.3) is 0 Å². The Morgan fingerprint density at radius 1 is 1.42 bits per heavy atom. The first-order chi connectivity index (χ1) is 8.93. The summed E-state index contributed by atoms with van der Waals surface area (Å²) in [5.41, 5.74) is 0. The highest BCUT2D eigenvalue weighted by molar-refractivity contribution is 5.90. The number of carbonyl (C=O) groups excluding carboxylic acids is 1. The maximum Gasteiger partial charge on any atom is 0.303 e. The monoisotopic (exact) mass is 268 g/mol. The van der Waals surface area contributed by atoms with E-state index in [2.05, 4.69) is 20.5 Å². The molecular formula is C12H20N4O3. The van der Waals surface area contributed by atoms with E-state index in [1.165, 1.54) is 0 Å². The topological polar surface area (TPSA) is 108 Å². The lowest BCUT2D eigenvalue weighted by Crippen LogP contribution is -2.30. The molecule has 1 atom stereocenters. The van der Waals surface area contributed by atoms with Crippen molar-refractivity contribution in [3.8, 4) is 0 Å². The molecule has 0 saturated heterocycles. The zero-order chi connectivity index (χ0) is 14.4. The quantitative estimate of drug-likeness (QED) is 0.687. The van der Waals surface area contributed by atoms with Gasteiger partial charge in [0, 0.05) is 18.9 Å². The summed E-state index contributed by atoms with van der Waals surface area (Å²) >= 11 is 0. The Hall–Kier alpha value is -1.92. The molecule has 19 heavy (non-hydrogen) atoms. The summed E-state index contributed by atoms with van der Waals surface area (Å²) in [6.45, 7) is 6.10. The summed E-state index contributed by atoms with van der Waals surface area (Å²) < 4.78 is 0. The Balaban J connectivity index is 2.51. The lowest BCUT2D eigenvalue weighted by molar-refractivity contribution is -0.138. The van der Waals surface area contributed by atoms with Crippen LogP contribution in [0.5, 0.6) is 0 Å². The zero-order valence-corrected chi connectivity index (χ0v) is 11.4. The maximum atomic E-state index is 11.8. The first kappa shape index (κ1) is 15.1. The van der Waals surface area contributed by atoms with E-state index in [-0.39, 0.29) is 30.0 Å². The summed E-state index contributed by atoms with van der Waals surface area (Å²) in [4.78, 5) is 26.5. The maximum absolute atomic E-state index is 11.8. The standard InChI is InChI=1S/C12H20N4O3/c1-4-8(5-9(17)18)6-13-12(19)11-14-10(7(2)3)15-16-11/h7-8H,4-6H2,1-3H3,(H,13,19)(H,17,18)(H,14,15,16). The fourth-order valence-corrected chi connectivity index (χ4v) is 1.56. The number of carboxylic acids is 1. The fraction of sp³-hybridized carbons (Fsp3) is 0.667. The van der Waals surface area contributed by atoms with E-state index < -0.39 is 5.97 Å². The van der Waals surface area contributed by atoms with Gasteiger partial charge in [0.1, 0.15) is 5.82 Å². The van der Waals surface area contributed by atoms with Gasteiger partial charge >= 0.3 is 5.97 Å². The van der Waals surface area contributed by atoms with Gasteiger partial charge in [0.25, 0.3) is 5.91 Å². The van der Waals surface area contributed by atoms with Gasteiger partial charge in [-0.25, -0.2) is 4.98 Å². The summed E-state index contributed by atoms with van der Waals surface area (Å²) in [7, 11) is 0. The summed E-state index contributed by atoms with van der Waals surface area (Å²) in [5, 5.41) is 17.9. The van der Waals surface area contributed by atoms with Gasteiger partial charge in [0.2, 0.25) is 5.82 Å². The molecule has 0 aromatic carbocycles. The number of nitrogens with zero attached hydrogens (tertiary/aromatic N) is 2. The van der Waals surface area contributed by atoms with Gasteiger partial charge in [0.15, 0.2) is 0 Å². The highest BCUT2D eigenvalue weighted by Crippen LogP contribution is 2.09. The number of hydrogen-bond donors (Lipinski definition) is 3. The lowest BCUT2D eigenvalue weighted by atomic mass is 10.0. The number of rotatable bonds is 7. The molecular weight excluding hydrogens is 248 g/mol. The summed E-state index contributed by atoms with van der Waals surface area (Å²) in [5.74, 6) is -0.404. The van der Waals surface area contributed by atoms with Gasteiger partial charge in [-0.3, -0.25) is 14.7 Å². The van der Waals surface area contributed by atoms with Crippen molar-refractivity contribution in [1.29, 1.82) is 0 Å². The number of aliphatic carboxylic acids is 1. The van der Waals surface area contributed by atoms with E-state index in [0.29, 0.717) is 18.8 Å². The number of H-pyrrole nitrogens is 1. The number of amides is 1. The second-order valence-corrected chi connectivity index (χ2v) is 4.78. The molecule has 0 radical (unpaired) electrons. The average molecular weight is 268 g/mol. The number of aromatic nitrogens is 3. The van der Waals surface area contributed by atoms with Gasteiger partial charge in [-0.15, -0.1) is 5.10 Å². The molecule has 0 saturated carbocycles. The van der Waals surface area contributed by atoms with Gasteiger partial charge in [0.05, 0.1) is 0 Å². The third kappa shape index (κ3) is 4.69. The zero-order valence-electron chi connectivity index (χ0n) is 11.4. The SMILES string of the molecule is CCC(CNC(=O)c1n[nH]c(C(C)C)n1)CC(=O)O. The summed E-state index contributed by atoms with van der Waals surface area (Å²) in [6, 6.07) is 0. The van der Waals surface area contributed by atoms with Gasteiger partial charge in [-0.1, -0.05) is 27.2 Å². The molecule has 0 aliphatic heterocycles. The van der Waals surface area contributed by atoms with Crippen LogP contribution in [-0.4, -0.2) is 38.7 Å². The Bertz CT molecular complexity index is 442. The van der Waals surface area contributed by atoms with E-state index in [1.54, 1.807) is 0 Å². The minimum absolute atomic E-state index is 0.0437. The van der Waals surface area contributed by atoms with Crippen LogP contribution in [0.2, 0.25) is 0 Å². The molecule has 0 aliphatic rings. The van der Waals surface area contributed by atoms with E-state index in [4.69, 9.17) is 5.11 Å². The molecule has 1 rings (SSSR count). The van der Waals surface area contributed by atoms with Crippen LogP contribution in [-0.2, 0) is 4.79 Å². The highest BCUT2D eigenvalue weighted by atomic mass is 16.4. The van der Waals surface area contributed by atoms with Gasteiger partial charge < -0.3 is 10.4 Å². The fourth-order valence-electron chi connectivity index (χ4n) is 1.56. The molecule has 7 nitrogen and oxygen atoms in total. The molecule has 3 N–H and O–H groups in total. The normalized spacial score (nSPS) is 12.4. The van der Waals surface area contributed by atoms with E-state index >= 15 is 0 Å². The molecule has 0 aliphatic carbocycles. The van der Waals surface area contributed by atoms with Crippen LogP contribution < -0.4 is 5.32 Å². The minimum atomic E-state index is -0.860. The second-order valence-electron chi connectivity index (χ2n) is 4.78. The van der Waals surface area contributed by atoms with Crippen molar-refractivity contribution in [1.82, 2.24) is 20.5 Å². The number of carboxylic acid groups (broad SMARTS) is 1. The Morgan fingerprint density at radius 2 is 2.11 bits per heavy atom. The Morgan fingerprint density at radius 3 is 2.58 bits per heavy atom. The minimum Gasteiger partial charge on any atom is -0.481 e. The Kier molecular flexibility index (Phi) is 5.47. The van der Waals surface area contributed by atoms with Gasteiger partial charge in [-0.05, 0) is 5.92 Å². The average Bonchev–Trinajstić information content (AvgIpc) is 2.83. The van der Waals surface area contributed by atoms with Crippen LogP contribution in [0.4, 0.5) is 0 Å². The number of aromatic amines is 1. The molecule has 1 amide bonds. The Labute approximate surface area is 111 Å². The van der Waals surface area contributed by atoms with E-state index in [0.717, 1.165) is 0 Å². The van der Waals surface area contributed by atoms with Crippen LogP contribution in [0, 0.1) is 5.92 Å². The van der Waals surface area contributed by atoms with E-state index in [1.807, 2.05) is 20.8 Å². The van der Waals surface area contributed by atoms with Crippen molar-refractivity contribution in [3.63, 3.8) is 0 Å². The van der Waals surface area contributed by atoms with Crippen LogP contribution in [0.1, 0.15) is 56.0 Å². The van der Waals surface area contributed by atoms with Crippen molar-refractivity contribution >= 4 is 11.9 Å². The third-order valence-electron chi connectivity index (χ3n) is 2.84. The first-order valence-corrected chi connectivity index (χ1v) is 6.36. The lowest BCUT2D eigenvalue weighted by Gasteiger charge is -2.12. The van der Waals surface area contributed by atoms with Crippen molar-refractivity contribution < 1.29 is 14.7 Å². The first-order valence-electron chi connectivity index (χ1n) is 6.36. The summed E-state index contributed by atoms with van der Waals surface area (Å²) in [6.07, 6.45) is 0.736. The van der Waals surface area contributed by atoms with Crippen molar-refractivity contribution in [2.75, 3.05) is 6.54 Å². The highest BCUT2D eigenvalue weighted by Gasteiger charge is 2.16.